The number of hydrogen-bond acceptors (Lipinski definition) is 12. The summed E-state index contributed by atoms with van der Waals surface area (Å²) in [5, 5.41) is 17.1. The van der Waals surface area contributed by atoms with E-state index in [9.17, 15) is 29.1 Å². The Morgan fingerprint density at radius 1 is 0.954 bits per heavy atom. The normalized spacial score (nSPS) is 17.9. The van der Waals surface area contributed by atoms with Gasteiger partial charge in [-0.3, -0.25) is 19.4 Å². The molecule has 0 aromatic heterocycles. The lowest BCUT2D eigenvalue weighted by Crippen LogP contribution is -2.65. The van der Waals surface area contributed by atoms with Gasteiger partial charge in [0.25, 0.3) is 5.91 Å². The molecule has 5 rings (SSSR count). The lowest BCUT2D eigenvalue weighted by atomic mass is 9.84. The number of aliphatic carboxylic acids is 1. The number of carboxylic acids is 1. The Morgan fingerprint density at radius 2 is 1.65 bits per heavy atom. The molecule has 65 heavy (non-hydrogen) atoms. The van der Waals surface area contributed by atoms with Crippen LogP contribution in [0.5, 0.6) is 5.75 Å². The third-order valence-electron chi connectivity index (χ3n) is 11.4. The summed E-state index contributed by atoms with van der Waals surface area (Å²) in [6.07, 6.45) is 5.44. The Bertz CT molecular complexity index is 1950. The zero-order chi connectivity index (χ0) is 47.3. The fourth-order valence-electron chi connectivity index (χ4n) is 8.38. The molecule has 0 spiro atoms. The standard InChI is InChI=1S/C48H69N5O10S2/c1-31(2)25-36(44(57)58)50-43(56)38(26-33-15-10-8-11-16-33)53(51-40(28-34-17-12-9-13-18-34)48(45(59)62-32(3)4)64-23-14-24-65-48)41(54)21-22-52-37-27-35(19-20-39(37)61-30-42(52)55)29-49-46(60)63-47(5,6)7/h8,10-11,15-16,19-20,27,31-32,34,36,38,40,51H,9,12-14,17-18,21-26,28-30H2,1-7H3,(H,49,60)(H,50,56)(H,57,58)/t36-,38-,40?/m0/s1. The van der Waals surface area contributed by atoms with Crippen molar-refractivity contribution in [3.05, 3.63) is 59.7 Å². The van der Waals surface area contributed by atoms with Crippen LogP contribution in [0.25, 0.3) is 0 Å². The van der Waals surface area contributed by atoms with Gasteiger partial charge in [0.1, 0.15) is 23.4 Å². The Labute approximate surface area is 392 Å². The van der Waals surface area contributed by atoms with Crippen molar-refractivity contribution in [2.24, 2.45) is 11.8 Å². The maximum absolute atomic E-state index is 15.3. The summed E-state index contributed by atoms with van der Waals surface area (Å²) in [5.74, 6) is -1.22. The molecule has 3 aliphatic rings. The summed E-state index contributed by atoms with van der Waals surface area (Å²) >= 11 is 3.01. The topological polar surface area (TPSA) is 193 Å². The van der Waals surface area contributed by atoms with Crippen LogP contribution in [-0.2, 0) is 46.4 Å². The largest absolute Gasteiger partial charge is 0.482 e. The molecule has 0 bridgehead atoms. The smallest absolute Gasteiger partial charge is 0.407 e. The number of amides is 4. The fraction of sp³-hybridized carbons (Fsp3) is 0.625. The van der Waals surface area contributed by atoms with Crippen LogP contribution in [0, 0.1) is 11.8 Å². The monoisotopic (exact) mass is 939 g/mol. The molecule has 1 saturated heterocycles. The zero-order valence-corrected chi connectivity index (χ0v) is 40.7. The first-order chi connectivity index (χ1) is 30.8. The third-order valence-corrected chi connectivity index (χ3v) is 14.9. The van der Waals surface area contributed by atoms with Crippen LogP contribution in [0.2, 0.25) is 0 Å². The second-order valence-electron chi connectivity index (χ2n) is 18.8. The van der Waals surface area contributed by atoms with E-state index in [4.69, 9.17) is 14.2 Å². The lowest BCUT2D eigenvalue weighted by molar-refractivity contribution is -0.152. The van der Waals surface area contributed by atoms with Crippen molar-refractivity contribution in [2.75, 3.05) is 29.6 Å². The first-order valence-electron chi connectivity index (χ1n) is 23.0. The van der Waals surface area contributed by atoms with E-state index in [0.29, 0.717) is 34.9 Å². The number of nitrogens with zero attached hydrogens (tertiary/aromatic N) is 2. The zero-order valence-electron chi connectivity index (χ0n) is 39.0. The van der Waals surface area contributed by atoms with Gasteiger partial charge in [0.15, 0.2) is 10.7 Å². The van der Waals surface area contributed by atoms with E-state index in [-0.39, 0.29) is 56.7 Å². The lowest BCUT2D eigenvalue weighted by Gasteiger charge is -2.45. The van der Waals surface area contributed by atoms with E-state index < -0.39 is 63.8 Å². The van der Waals surface area contributed by atoms with E-state index in [2.05, 4.69) is 16.1 Å². The van der Waals surface area contributed by atoms with Crippen molar-refractivity contribution < 1.29 is 48.1 Å². The molecule has 2 fully saturated rings. The van der Waals surface area contributed by atoms with Crippen LogP contribution < -0.4 is 25.7 Å². The maximum Gasteiger partial charge on any atom is 0.407 e. The number of hydrogen-bond donors (Lipinski definition) is 4. The number of alkyl carbamates (subject to hydrolysis) is 1. The minimum Gasteiger partial charge on any atom is -0.482 e. The molecular formula is C48H69N5O10S2. The number of carboxylic acid groups (broad SMARTS) is 1. The number of anilines is 1. The van der Waals surface area contributed by atoms with Gasteiger partial charge in [0, 0.05) is 25.9 Å². The Balaban J connectivity index is 1.56. The molecule has 1 unspecified atom stereocenters. The number of esters is 1. The van der Waals surface area contributed by atoms with Crippen LogP contribution in [0.1, 0.15) is 117 Å². The van der Waals surface area contributed by atoms with Gasteiger partial charge in [-0.1, -0.05) is 82.3 Å². The van der Waals surface area contributed by atoms with Gasteiger partial charge >= 0.3 is 18.0 Å². The predicted molar refractivity (Wildman–Crippen MR) is 253 cm³/mol. The van der Waals surface area contributed by atoms with Crippen LogP contribution in [0.4, 0.5) is 10.5 Å². The highest BCUT2D eigenvalue weighted by Crippen LogP contribution is 2.48. The molecule has 15 nitrogen and oxygen atoms in total. The average Bonchev–Trinajstić information content (AvgIpc) is 3.25. The molecular weight excluding hydrogens is 871 g/mol. The van der Waals surface area contributed by atoms with Gasteiger partial charge in [-0.05, 0) is 100 Å². The van der Waals surface area contributed by atoms with Crippen LogP contribution in [0.15, 0.2) is 48.5 Å². The van der Waals surface area contributed by atoms with Crippen molar-refractivity contribution in [3.63, 3.8) is 0 Å². The van der Waals surface area contributed by atoms with Crippen molar-refractivity contribution in [1.82, 2.24) is 21.1 Å². The molecule has 4 amide bonds. The number of nitrogens with one attached hydrogen (secondary N) is 3. The van der Waals surface area contributed by atoms with E-state index in [0.717, 1.165) is 44.1 Å². The van der Waals surface area contributed by atoms with Crippen molar-refractivity contribution >= 4 is 65.0 Å². The molecule has 358 valence electrons. The molecule has 2 aromatic carbocycles. The summed E-state index contributed by atoms with van der Waals surface area (Å²) < 4.78 is 16.0. The SMILES string of the molecule is CC(C)C[C@H](NC(=O)[C@H](Cc1ccccc1)N(NC(CC1CCCCC1)C1(C(=O)OC(C)C)SCCCS1)C(=O)CCN1C(=O)COc2ccc(CNC(=O)OC(C)(C)C)cc21)C(=O)O. The third kappa shape index (κ3) is 15.0. The average molecular weight is 940 g/mol. The number of fused-ring (bicyclic) bond motifs is 1. The Kier molecular flexibility index (Phi) is 18.9. The van der Waals surface area contributed by atoms with E-state index >= 15 is 4.79 Å². The molecule has 17 heteroatoms. The summed E-state index contributed by atoms with van der Waals surface area (Å²) in [6, 6.07) is 11.2. The fourth-order valence-corrected chi connectivity index (χ4v) is 11.6. The number of hydrazine groups is 1. The number of rotatable bonds is 20. The minimum atomic E-state index is -1.28. The summed E-state index contributed by atoms with van der Waals surface area (Å²) in [4.78, 5) is 84.7. The summed E-state index contributed by atoms with van der Waals surface area (Å²) in [6.45, 7) is 12.4. The molecule has 2 aliphatic heterocycles. The van der Waals surface area contributed by atoms with Gasteiger partial charge in [0.05, 0.1) is 17.8 Å². The second-order valence-corrected chi connectivity index (χ2v) is 21.8. The highest BCUT2D eigenvalue weighted by Gasteiger charge is 2.52. The number of carbonyl (C=O) groups excluding carboxylic acids is 5. The highest BCUT2D eigenvalue weighted by molar-refractivity contribution is 8.20. The van der Waals surface area contributed by atoms with Crippen LogP contribution in [0.3, 0.4) is 0 Å². The van der Waals surface area contributed by atoms with Crippen LogP contribution in [-0.4, -0.2) is 104 Å². The van der Waals surface area contributed by atoms with Gasteiger partial charge < -0.3 is 34.9 Å². The predicted octanol–water partition coefficient (Wildman–Crippen LogP) is 7.24. The molecule has 4 N–H and O–H groups in total. The first-order valence-corrected chi connectivity index (χ1v) is 25.0. The molecule has 2 heterocycles. The quantitative estimate of drug-likeness (QED) is 0.0768. The van der Waals surface area contributed by atoms with Crippen molar-refractivity contribution in [2.45, 2.75) is 153 Å². The number of thioether (sulfide) groups is 2. The molecule has 1 saturated carbocycles. The van der Waals surface area contributed by atoms with E-state index in [1.54, 1.807) is 39.0 Å². The first kappa shape index (κ1) is 51.5. The summed E-state index contributed by atoms with van der Waals surface area (Å²) in [7, 11) is 0. The van der Waals surface area contributed by atoms with Crippen molar-refractivity contribution in [1.29, 1.82) is 0 Å². The Hall–Kier alpha value is -4.48. The molecule has 2 aromatic rings. The van der Waals surface area contributed by atoms with Gasteiger partial charge in [-0.15, -0.1) is 23.5 Å². The van der Waals surface area contributed by atoms with E-state index in [1.165, 1.54) is 33.4 Å². The Morgan fingerprint density at radius 3 is 2.28 bits per heavy atom. The number of ether oxygens (including phenoxy) is 3. The van der Waals surface area contributed by atoms with Gasteiger partial charge in [-0.25, -0.2) is 19.8 Å². The molecule has 1 aliphatic carbocycles. The van der Waals surface area contributed by atoms with Gasteiger partial charge in [0.2, 0.25) is 11.8 Å². The number of benzene rings is 2. The summed E-state index contributed by atoms with van der Waals surface area (Å²) in [5.41, 5.74) is 4.64. The molecule has 3 atom stereocenters. The van der Waals surface area contributed by atoms with Gasteiger partial charge in [-0.2, -0.15) is 0 Å². The highest BCUT2D eigenvalue weighted by atomic mass is 32.2. The minimum absolute atomic E-state index is 0.0205. The maximum atomic E-state index is 15.3. The van der Waals surface area contributed by atoms with Crippen molar-refractivity contribution in [3.8, 4) is 5.75 Å². The number of carbonyl (C=O) groups is 6. The van der Waals surface area contributed by atoms with Crippen LogP contribution >= 0.6 is 23.5 Å². The second kappa shape index (κ2) is 23.8. The van der Waals surface area contributed by atoms with E-state index in [1.807, 2.05) is 58.0 Å². The molecule has 0 radical (unpaired) electrons.